The summed E-state index contributed by atoms with van der Waals surface area (Å²) >= 11 is 7.82. The minimum atomic E-state index is -0.00916. The van der Waals surface area contributed by atoms with Gasteiger partial charge in [-0.3, -0.25) is 0 Å². The van der Waals surface area contributed by atoms with Gasteiger partial charge >= 0.3 is 0 Å². The molecule has 2 aliphatic rings. The van der Waals surface area contributed by atoms with Gasteiger partial charge in [0.2, 0.25) is 5.16 Å². The van der Waals surface area contributed by atoms with Crippen LogP contribution in [0.4, 0.5) is 0 Å². The maximum absolute atomic E-state index is 6.16. The van der Waals surface area contributed by atoms with Crippen LogP contribution in [-0.4, -0.2) is 32.9 Å². The zero-order chi connectivity index (χ0) is 20.7. The molecule has 5 rings (SSSR count). The fourth-order valence-corrected chi connectivity index (χ4v) is 4.92. The van der Waals surface area contributed by atoms with Crippen LogP contribution in [0.25, 0.3) is 0 Å². The van der Waals surface area contributed by atoms with Gasteiger partial charge in [-0.25, -0.2) is 10.9 Å². The zero-order valence-corrected chi connectivity index (χ0v) is 18.1. The average Bonchev–Trinajstić information content (AvgIpc) is 3.40. The molecule has 2 N–H and O–H groups in total. The molecule has 3 aromatic rings. The van der Waals surface area contributed by atoms with Crippen LogP contribution in [0.5, 0.6) is 5.75 Å². The molecule has 1 saturated heterocycles. The number of ether oxygens (including phenoxy) is 1. The molecule has 0 saturated carbocycles. The predicted molar refractivity (Wildman–Crippen MR) is 118 cm³/mol. The summed E-state index contributed by atoms with van der Waals surface area (Å²) in [5.41, 5.74) is 9.90. The number of hydrazine groups is 1. The fraction of sp³-hybridized carbons (Fsp3) is 0.286. The number of halogens is 1. The van der Waals surface area contributed by atoms with E-state index >= 15 is 0 Å². The summed E-state index contributed by atoms with van der Waals surface area (Å²) < 4.78 is 7.14. The van der Waals surface area contributed by atoms with E-state index in [1.807, 2.05) is 47.1 Å². The van der Waals surface area contributed by atoms with Gasteiger partial charge in [0.1, 0.15) is 5.75 Å². The molecular formula is C21H21ClN6OS. The van der Waals surface area contributed by atoms with Crippen molar-refractivity contribution in [3.63, 3.8) is 0 Å². The lowest BCUT2D eigenvalue weighted by Gasteiger charge is -2.21. The lowest BCUT2D eigenvalue weighted by molar-refractivity contribution is 0.415. The minimum Gasteiger partial charge on any atom is -0.497 e. The molecule has 3 atom stereocenters. The molecule has 1 fully saturated rings. The monoisotopic (exact) mass is 440 g/mol. The Labute approximate surface area is 183 Å². The number of benzene rings is 2. The van der Waals surface area contributed by atoms with Crippen molar-refractivity contribution >= 4 is 29.1 Å². The van der Waals surface area contributed by atoms with E-state index in [1.165, 1.54) is 0 Å². The number of thioether (sulfide) groups is 1. The second-order valence-electron chi connectivity index (χ2n) is 7.31. The number of hydrogen-bond acceptors (Lipinski definition) is 7. The molecule has 3 heterocycles. The first-order chi connectivity index (χ1) is 14.6. The molecule has 154 valence electrons. The van der Waals surface area contributed by atoms with E-state index in [4.69, 9.17) is 21.4 Å². The van der Waals surface area contributed by atoms with Crippen LogP contribution in [0.1, 0.15) is 42.4 Å². The Morgan fingerprint density at radius 3 is 2.67 bits per heavy atom. The first kappa shape index (κ1) is 19.6. The highest BCUT2D eigenvalue weighted by Crippen LogP contribution is 2.35. The van der Waals surface area contributed by atoms with Gasteiger partial charge in [0.25, 0.3) is 0 Å². The quantitative estimate of drug-likeness (QED) is 0.639. The number of methoxy groups -OCH3 is 1. The Bertz CT molecular complexity index is 1100. The summed E-state index contributed by atoms with van der Waals surface area (Å²) in [6.45, 7) is 2.14. The Morgan fingerprint density at radius 2 is 1.90 bits per heavy atom. The number of nitrogens with one attached hydrogen (secondary N) is 2. The average molecular weight is 441 g/mol. The maximum atomic E-state index is 6.16. The third kappa shape index (κ3) is 3.60. The van der Waals surface area contributed by atoms with Crippen molar-refractivity contribution in [2.24, 2.45) is 5.10 Å². The molecule has 7 nitrogen and oxygen atoms in total. The molecule has 9 heteroatoms. The molecule has 0 bridgehead atoms. The maximum Gasteiger partial charge on any atom is 0.212 e. The van der Waals surface area contributed by atoms with Crippen molar-refractivity contribution in [3.8, 4) is 5.75 Å². The molecule has 3 unspecified atom stereocenters. The molecule has 0 spiro atoms. The van der Waals surface area contributed by atoms with Crippen LogP contribution in [0.3, 0.4) is 0 Å². The van der Waals surface area contributed by atoms with Crippen molar-refractivity contribution in [1.29, 1.82) is 0 Å². The topological polar surface area (TPSA) is 76.4 Å². The molecule has 0 amide bonds. The van der Waals surface area contributed by atoms with E-state index in [-0.39, 0.29) is 17.3 Å². The van der Waals surface area contributed by atoms with E-state index < -0.39 is 0 Å². The number of fused-ring (bicyclic) bond motifs is 1. The molecule has 2 aliphatic heterocycles. The Kier molecular flexibility index (Phi) is 5.24. The van der Waals surface area contributed by atoms with Gasteiger partial charge in [-0.2, -0.15) is 9.78 Å². The zero-order valence-electron chi connectivity index (χ0n) is 16.5. The Hall–Kier alpha value is -2.39. The van der Waals surface area contributed by atoms with E-state index in [0.717, 1.165) is 45.0 Å². The van der Waals surface area contributed by atoms with Crippen LogP contribution in [0.15, 0.2) is 58.8 Å². The van der Waals surface area contributed by atoms with Crippen molar-refractivity contribution in [1.82, 2.24) is 25.7 Å². The predicted octanol–water partition coefficient (Wildman–Crippen LogP) is 3.97. The smallest absolute Gasteiger partial charge is 0.212 e. The lowest BCUT2D eigenvalue weighted by Crippen LogP contribution is -2.28. The van der Waals surface area contributed by atoms with Crippen molar-refractivity contribution in [3.05, 3.63) is 70.5 Å². The highest BCUT2D eigenvalue weighted by Gasteiger charge is 2.33. The summed E-state index contributed by atoms with van der Waals surface area (Å²) in [6, 6.07) is 16.0. The Balaban J connectivity index is 1.43. The van der Waals surface area contributed by atoms with Crippen LogP contribution in [0, 0.1) is 0 Å². The van der Waals surface area contributed by atoms with Crippen molar-refractivity contribution in [2.45, 2.75) is 35.8 Å². The van der Waals surface area contributed by atoms with Gasteiger partial charge in [0.05, 0.1) is 24.1 Å². The lowest BCUT2D eigenvalue weighted by atomic mass is 10.0. The van der Waals surface area contributed by atoms with Crippen LogP contribution in [-0.2, 0) is 0 Å². The van der Waals surface area contributed by atoms with Gasteiger partial charge < -0.3 is 4.74 Å². The summed E-state index contributed by atoms with van der Waals surface area (Å²) in [4.78, 5) is 0. The van der Waals surface area contributed by atoms with E-state index in [0.29, 0.717) is 0 Å². The van der Waals surface area contributed by atoms with Gasteiger partial charge in [0.15, 0.2) is 5.82 Å². The normalized spacial score (nSPS) is 23.2. The third-order valence-corrected chi connectivity index (χ3v) is 6.64. The first-order valence-corrected chi connectivity index (χ1v) is 11.0. The van der Waals surface area contributed by atoms with Gasteiger partial charge in [-0.15, -0.1) is 10.2 Å². The van der Waals surface area contributed by atoms with Gasteiger partial charge in [-0.05, 0) is 60.9 Å². The van der Waals surface area contributed by atoms with Crippen LogP contribution in [0.2, 0.25) is 5.02 Å². The molecule has 2 aromatic carbocycles. The summed E-state index contributed by atoms with van der Waals surface area (Å²) in [5, 5.41) is 15.5. The highest BCUT2D eigenvalue weighted by atomic mass is 35.5. The summed E-state index contributed by atoms with van der Waals surface area (Å²) in [5.74, 6) is 1.63. The SMILES string of the molecule is COc1ccc(C2=Nn3c(nnc3C3CC(c4cccc(Cl)c4)NN3)SC2C)cc1. The molecule has 1 aromatic heterocycles. The fourth-order valence-electron chi connectivity index (χ4n) is 3.79. The first-order valence-electron chi connectivity index (χ1n) is 9.74. The third-order valence-electron chi connectivity index (χ3n) is 5.36. The number of hydrogen-bond donors (Lipinski definition) is 2. The van der Waals surface area contributed by atoms with E-state index in [9.17, 15) is 0 Å². The van der Waals surface area contributed by atoms with Crippen molar-refractivity contribution in [2.75, 3.05) is 7.11 Å². The number of rotatable bonds is 4. The Morgan fingerprint density at radius 1 is 1.10 bits per heavy atom. The standard InChI is InChI=1S/C21H21ClN6OS/c1-12-19(13-6-8-16(29-2)9-7-13)27-28-20(25-26-21(28)30-12)18-11-17(23-24-18)14-4-3-5-15(22)10-14/h3-10,12,17-18,23-24H,11H2,1-2H3. The largest absolute Gasteiger partial charge is 0.497 e. The van der Waals surface area contributed by atoms with E-state index in [2.05, 4.69) is 34.0 Å². The van der Waals surface area contributed by atoms with Crippen molar-refractivity contribution < 1.29 is 4.74 Å². The number of nitrogens with zero attached hydrogens (tertiary/aromatic N) is 4. The molecular weight excluding hydrogens is 420 g/mol. The summed E-state index contributed by atoms with van der Waals surface area (Å²) in [7, 11) is 1.67. The second-order valence-corrected chi connectivity index (χ2v) is 9.06. The van der Waals surface area contributed by atoms with E-state index in [1.54, 1.807) is 18.9 Å². The van der Waals surface area contributed by atoms with Gasteiger partial charge in [-0.1, -0.05) is 35.5 Å². The second kappa shape index (κ2) is 8.03. The van der Waals surface area contributed by atoms with Crippen LogP contribution < -0.4 is 15.6 Å². The molecule has 0 aliphatic carbocycles. The highest BCUT2D eigenvalue weighted by molar-refractivity contribution is 8.00. The number of aromatic nitrogens is 3. The minimum absolute atomic E-state index is 0.00916. The van der Waals surface area contributed by atoms with Crippen LogP contribution >= 0.6 is 23.4 Å². The molecule has 0 radical (unpaired) electrons. The molecule has 30 heavy (non-hydrogen) atoms. The summed E-state index contributed by atoms with van der Waals surface area (Å²) in [6.07, 6.45) is 0.825. The van der Waals surface area contributed by atoms with Gasteiger partial charge in [0, 0.05) is 11.1 Å².